The van der Waals surface area contributed by atoms with E-state index in [1.807, 2.05) is 6.08 Å². The smallest absolute Gasteiger partial charge is 0.168 e. The van der Waals surface area contributed by atoms with Crippen molar-refractivity contribution in [3.8, 4) is 34.1 Å². The molecule has 0 saturated carbocycles. The lowest BCUT2D eigenvalue weighted by Gasteiger charge is -2.42. The summed E-state index contributed by atoms with van der Waals surface area (Å²) in [7, 11) is 6.74. The Kier molecular flexibility index (Phi) is 6.30. The molecule has 29 heavy (non-hydrogen) atoms. The maximum absolute atomic E-state index is 5.85. The summed E-state index contributed by atoms with van der Waals surface area (Å²) < 4.78 is 22.7. The zero-order valence-electron chi connectivity index (χ0n) is 17.4. The van der Waals surface area contributed by atoms with Gasteiger partial charge in [0, 0.05) is 24.7 Å². The normalized spacial score (nSPS) is 16.8. The summed E-state index contributed by atoms with van der Waals surface area (Å²) in [6.45, 7) is 5.82. The topological polar surface area (TPSA) is 40.2 Å². The van der Waals surface area contributed by atoms with Crippen LogP contribution in [-0.2, 0) is 12.8 Å². The van der Waals surface area contributed by atoms with Gasteiger partial charge in [-0.25, -0.2) is 0 Å². The highest BCUT2D eigenvalue weighted by molar-refractivity contribution is 5.85. The fourth-order valence-corrected chi connectivity index (χ4v) is 4.67. The van der Waals surface area contributed by atoms with Crippen LogP contribution in [0.1, 0.15) is 22.7 Å². The molecule has 0 amide bonds. The first-order chi connectivity index (χ1) is 13.7. The van der Waals surface area contributed by atoms with Crippen LogP contribution in [0.15, 0.2) is 30.9 Å². The van der Waals surface area contributed by atoms with Gasteiger partial charge in [0.15, 0.2) is 23.0 Å². The third kappa shape index (κ3) is 3.32. The number of rotatable bonds is 6. The molecule has 1 heterocycles. The van der Waals surface area contributed by atoms with Crippen LogP contribution in [0.2, 0.25) is 0 Å². The summed E-state index contributed by atoms with van der Waals surface area (Å²) >= 11 is 0. The standard InChI is InChI=1S/C23H27NO4.ClH/c1-6-8-24-9-7-14-11-20(27-4)23(28-5)22-16-13-19(26-3)18(25-2)12-15(16)10-17(24)21(14)22;/h6,11-13,17H,1,7-10H2,2-5H3;1H. The zero-order valence-corrected chi connectivity index (χ0v) is 18.2. The predicted octanol–water partition coefficient (Wildman–Crippen LogP) is 4.45. The van der Waals surface area contributed by atoms with Crippen LogP contribution >= 0.6 is 12.4 Å². The van der Waals surface area contributed by atoms with E-state index in [9.17, 15) is 0 Å². The van der Waals surface area contributed by atoms with Gasteiger partial charge in [-0.1, -0.05) is 6.08 Å². The lowest BCUT2D eigenvalue weighted by Crippen LogP contribution is -2.38. The molecular formula is C23H28ClNO4. The van der Waals surface area contributed by atoms with Gasteiger partial charge in [-0.15, -0.1) is 19.0 Å². The second kappa shape index (κ2) is 8.56. The van der Waals surface area contributed by atoms with Crippen LogP contribution in [0, 0.1) is 0 Å². The van der Waals surface area contributed by atoms with Crippen LogP contribution in [-0.4, -0.2) is 46.4 Å². The van der Waals surface area contributed by atoms with Gasteiger partial charge in [0.2, 0.25) is 0 Å². The third-order valence-electron chi connectivity index (χ3n) is 5.89. The second-order valence-electron chi connectivity index (χ2n) is 7.18. The molecule has 0 bridgehead atoms. The monoisotopic (exact) mass is 417 g/mol. The van der Waals surface area contributed by atoms with Gasteiger partial charge in [-0.3, -0.25) is 4.90 Å². The van der Waals surface area contributed by atoms with E-state index in [0.717, 1.165) is 60.1 Å². The number of hydrogen-bond donors (Lipinski definition) is 0. The summed E-state index contributed by atoms with van der Waals surface area (Å²) in [6, 6.07) is 6.58. The maximum atomic E-state index is 5.85. The third-order valence-corrected chi connectivity index (χ3v) is 5.89. The highest BCUT2D eigenvalue weighted by Gasteiger charge is 2.37. The van der Waals surface area contributed by atoms with E-state index < -0.39 is 0 Å². The SMILES string of the molecule is C=CCN1CCc2cc(OC)c(OC)c3c2C1Cc1cc(OC)c(OC)cc1-3.Cl. The van der Waals surface area contributed by atoms with E-state index in [2.05, 4.69) is 29.7 Å². The minimum Gasteiger partial charge on any atom is -0.493 e. The summed E-state index contributed by atoms with van der Waals surface area (Å²) in [5.74, 6) is 3.02. The molecule has 1 aliphatic heterocycles. The van der Waals surface area contributed by atoms with Gasteiger partial charge in [-0.2, -0.15) is 0 Å². The van der Waals surface area contributed by atoms with Gasteiger partial charge in [0.05, 0.1) is 28.4 Å². The number of hydrogen-bond acceptors (Lipinski definition) is 5. The fourth-order valence-electron chi connectivity index (χ4n) is 4.67. The van der Waals surface area contributed by atoms with Gasteiger partial charge >= 0.3 is 0 Å². The number of fused-ring (bicyclic) bond motifs is 2. The van der Waals surface area contributed by atoms with E-state index in [1.165, 1.54) is 16.7 Å². The largest absolute Gasteiger partial charge is 0.493 e. The molecule has 0 aromatic heterocycles. The van der Waals surface area contributed by atoms with E-state index in [0.29, 0.717) is 0 Å². The molecule has 2 aliphatic rings. The molecule has 1 aliphatic carbocycles. The zero-order chi connectivity index (χ0) is 19.8. The van der Waals surface area contributed by atoms with Crippen molar-refractivity contribution in [2.45, 2.75) is 18.9 Å². The summed E-state index contributed by atoms with van der Waals surface area (Å²) in [4.78, 5) is 2.49. The van der Waals surface area contributed by atoms with E-state index >= 15 is 0 Å². The Balaban J connectivity index is 0.00000240. The number of nitrogens with zero attached hydrogens (tertiary/aromatic N) is 1. The summed E-state index contributed by atoms with van der Waals surface area (Å²) in [5.41, 5.74) is 6.13. The highest BCUT2D eigenvalue weighted by atomic mass is 35.5. The molecule has 0 radical (unpaired) electrons. The number of halogens is 1. The van der Waals surface area contributed by atoms with Crippen molar-refractivity contribution in [2.24, 2.45) is 0 Å². The maximum Gasteiger partial charge on any atom is 0.168 e. The van der Waals surface area contributed by atoms with Crippen molar-refractivity contribution in [1.29, 1.82) is 0 Å². The van der Waals surface area contributed by atoms with Crippen molar-refractivity contribution in [2.75, 3.05) is 41.5 Å². The van der Waals surface area contributed by atoms with Crippen LogP contribution < -0.4 is 18.9 Å². The van der Waals surface area contributed by atoms with Crippen molar-refractivity contribution in [3.05, 3.63) is 47.5 Å². The molecule has 0 spiro atoms. The molecule has 0 fully saturated rings. The molecule has 0 saturated heterocycles. The molecular weight excluding hydrogens is 390 g/mol. The van der Waals surface area contributed by atoms with Gasteiger partial charge in [0.1, 0.15) is 0 Å². The van der Waals surface area contributed by atoms with E-state index in [1.54, 1.807) is 28.4 Å². The van der Waals surface area contributed by atoms with Gasteiger partial charge < -0.3 is 18.9 Å². The number of benzene rings is 2. The molecule has 4 rings (SSSR count). The first-order valence-corrected chi connectivity index (χ1v) is 9.54. The first kappa shape index (κ1) is 21.3. The Morgan fingerprint density at radius 3 is 2.24 bits per heavy atom. The Morgan fingerprint density at radius 1 is 0.966 bits per heavy atom. The van der Waals surface area contributed by atoms with Crippen LogP contribution in [0.25, 0.3) is 11.1 Å². The highest BCUT2D eigenvalue weighted by Crippen LogP contribution is 2.54. The molecule has 5 nitrogen and oxygen atoms in total. The lowest BCUT2D eigenvalue weighted by molar-refractivity contribution is 0.202. The average molecular weight is 418 g/mol. The summed E-state index contributed by atoms with van der Waals surface area (Å²) in [6.07, 6.45) is 3.88. The molecule has 0 N–H and O–H groups in total. The molecule has 1 atom stereocenters. The second-order valence-corrected chi connectivity index (χ2v) is 7.18. The van der Waals surface area contributed by atoms with E-state index in [-0.39, 0.29) is 18.4 Å². The van der Waals surface area contributed by atoms with Gasteiger partial charge in [-0.05, 0) is 53.3 Å². The van der Waals surface area contributed by atoms with Crippen molar-refractivity contribution >= 4 is 12.4 Å². The average Bonchev–Trinajstić information content (AvgIpc) is 2.73. The van der Waals surface area contributed by atoms with Crippen LogP contribution in [0.4, 0.5) is 0 Å². The Labute approximate surface area is 178 Å². The predicted molar refractivity (Wildman–Crippen MR) is 117 cm³/mol. The van der Waals surface area contributed by atoms with Gasteiger partial charge in [0.25, 0.3) is 0 Å². The molecule has 2 aromatic carbocycles. The quantitative estimate of drug-likeness (QED) is 0.649. The fraction of sp³-hybridized carbons (Fsp3) is 0.391. The lowest BCUT2D eigenvalue weighted by atomic mass is 9.76. The number of ether oxygens (including phenoxy) is 4. The molecule has 1 unspecified atom stereocenters. The Morgan fingerprint density at radius 2 is 1.62 bits per heavy atom. The van der Waals surface area contributed by atoms with E-state index in [4.69, 9.17) is 18.9 Å². The molecule has 156 valence electrons. The molecule has 2 aromatic rings. The van der Waals surface area contributed by atoms with Crippen LogP contribution in [0.3, 0.4) is 0 Å². The minimum absolute atomic E-state index is 0. The van der Waals surface area contributed by atoms with Crippen molar-refractivity contribution < 1.29 is 18.9 Å². The van der Waals surface area contributed by atoms with Crippen molar-refractivity contribution in [1.82, 2.24) is 4.90 Å². The van der Waals surface area contributed by atoms with Crippen LogP contribution in [0.5, 0.6) is 23.0 Å². The minimum atomic E-state index is 0. The van der Waals surface area contributed by atoms with Crippen molar-refractivity contribution in [3.63, 3.8) is 0 Å². The summed E-state index contributed by atoms with van der Waals surface area (Å²) in [5, 5.41) is 0. The molecule has 6 heteroatoms. The number of methoxy groups -OCH3 is 4. The first-order valence-electron chi connectivity index (χ1n) is 9.54. The Bertz CT molecular complexity index is 928. The Hall–Kier alpha value is -2.37.